The molecule has 2 aromatic rings. The Labute approximate surface area is 138 Å². The second-order valence-electron chi connectivity index (χ2n) is 4.64. The molecule has 1 atom stereocenters. The fourth-order valence-electron chi connectivity index (χ4n) is 2.08. The van der Waals surface area contributed by atoms with Gasteiger partial charge in [-0.25, -0.2) is 0 Å². The maximum atomic E-state index is 6.03. The first-order valence-corrected chi connectivity index (χ1v) is 8.08. The first-order chi connectivity index (χ1) is 9.60. The van der Waals surface area contributed by atoms with Crippen LogP contribution in [0.2, 0.25) is 10.0 Å². The highest BCUT2D eigenvalue weighted by atomic mass is 79.9. The smallest absolute Gasteiger partial charge is 0.0595 e. The largest absolute Gasteiger partial charge is 0.306 e. The lowest BCUT2D eigenvalue weighted by molar-refractivity contribution is 0.519. The summed E-state index contributed by atoms with van der Waals surface area (Å²) in [4.78, 5) is 0. The third-order valence-corrected chi connectivity index (χ3v) is 4.48. The van der Waals surface area contributed by atoms with E-state index in [4.69, 9.17) is 23.2 Å². The molecule has 0 radical (unpaired) electrons. The summed E-state index contributed by atoms with van der Waals surface area (Å²) in [5.74, 6) is 0. The molecule has 4 heteroatoms. The van der Waals surface area contributed by atoms with Crippen LogP contribution in [-0.2, 0) is 6.54 Å². The molecule has 1 nitrogen and oxygen atoms in total. The monoisotopic (exact) mass is 371 g/mol. The minimum absolute atomic E-state index is 0.331. The Balaban J connectivity index is 2.03. The summed E-state index contributed by atoms with van der Waals surface area (Å²) < 4.78 is 1.10. The van der Waals surface area contributed by atoms with E-state index in [0.717, 1.165) is 23.0 Å². The van der Waals surface area contributed by atoms with E-state index < -0.39 is 0 Å². The van der Waals surface area contributed by atoms with Gasteiger partial charge >= 0.3 is 0 Å². The average Bonchev–Trinajstić information content (AvgIpc) is 2.45. The number of hydrogen-bond donors (Lipinski definition) is 1. The Kier molecular flexibility index (Phi) is 5.91. The first-order valence-electron chi connectivity index (χ1n) is 6.53. The van der Waals surface area contributed by atoms with Crippen molar-refractivity contribution in [2.24, 2.45) is 0 Å². The van der Waals surface area contributed by atoms with E-state index in [9.17, 15) is 0 Å². The van der Waals surface area contributed by atoms with Crippen molar-refractivity contribution in [2.45, 2.75) is 25.9 Å². The van der Waals surface area contributed by atoms with E-state index in [1.807, 2.05) is 18.2 Å². The van der Waals surface area contributed by atoms with Gasteiger partial charge in [0, 0.05) is 17.1 Å². The van der Waals surface area contributed by atoms with Gasteiger partial charge in [-0.05, 0) is 41.8 Å². The Hall–Kier alpha value is -0.540. The molecule has 0 aliphatic carbocycles. The van der Waals surface area contributed by atoms with E-state index >= 15 is 0 Å². The van der Waals surface area contributed by atoms with Crippen LogP contribution in [-0.4, -0.2) is 0 Å². The Morgan fingerprint density at radius 1 is 1.05 bits per heavy atom. The van der Waals surface area contributed by atoms with E-state index in [1.165, 1.54) is 5.56 Å². The second kappa shape index (κ2) is 7.46. The van der Waals surface area contributed by atoms with Gasteiger partial charge in [0.05, 0.1) is 10.0 Å². The third kappa shape index (κ3) is 4.23. The Morgan fingerprint density at radius 3 is 2.35 bits per heavy atom. The zero-order valence-corrected chi connectivity index (χ0v) is 14.3. The normalized spacial score (nSPS) is 12.4. The molecule has 0 fully saturated rings. The minimum Gasteiger partial charge on any atom is -0.306 e. The fourth-order valence-corrected chi connectivity index (χ4v) is 2.67. The van der Waals surface area contributed by atoms with Crippen molar-refractivity contribution in [3.05, 3.63) is 68.1 Å². The topological polar surface area (TPSA) is 12.0 Å². The van der Waals surface area contributed by atoms with Gasteiger partial charge in [0.25, 0.3) is 0 Å². The molecule has 0 bridgehead atoms. The third-order valence-electron chi connectivity index (χ3n) is 3.22. The molecule has 0 saturated heterocycles. The van der Waals surface area contributed by atoms with E-state index in [2.05, 4.69) is 52.4 Å². The zero-order chi connectivity index (χ0) is 14.5. The molecule has 106 valence electrons. The molecule has 20 heavy (non-hydrogen) atoms. The molecule has 0 spiro atoms. The van der Waals surface area contributed by atoms with Gasteiger partial charge in [-0.2, -0.15) is 0 Å². The van der Waals surface area contributed by atoms with Gasteiger partial charge < -0.3 is 5.32 Å². The van der Waals surface area contributed by atoms with Crippen molar-refractivity contribution in [3.63, 3.8) is 0 Å². The summed E-state index contributed by atoms with van der Waals surface area (Å²) in [7, 11) is 0. The molecule has 2 aromatic carbocycles. The number of hydrogen-bond acceptors (Lipinski definition) is 1. The molecule has 1 N–H and O–H groups in total. The summed E-state index contributed by atoms with van der Waals surface area (Å²) in [6.07, 6.45) is 1.03. The number of benzene rings is 2. The van der Waals surface area contributed by atoms with Crippen molar-refractivity contribution < 1.29 is 0 Å². The van der Waals surface area contributed by atoms with Crippen LogP contribution in [0.25, 0.3) is 0 Å². The Bertz CT molecular complexity index is 569. The summed E-state index contributed by atoms with van der Waals surface area (Å²) >= 11 is 15.4. The molecule has 0 heterocycles. The highest BCUT2D eigenvalue weighted by molar-refractivity contribution is 9.10. The zero-order valence-electron chi connectivity index (χ0n) is 11.2. The van der Waals surface area contributed by atoms with Gasteiger partial charge in [-0.1, -0.05) is 64.3 Å². The lowest BCUT2D eigenvalue weighted by Crippen LogP contribution is -2.20. The van der Waals surface area contributed by atoms with Crippen molar-refractivity contribution >= 4 is 39.1 Å². The quantitative estimate of drug-likeness (QED) is 0.678. The molecular formula is C16H16BrCl2N. The van der Waals surface area contributed by atoms with Crippen LogP contribution in [0.3, 0.4) is 0 Å². The van der Waals surface area contributed by atoms with Gasteiger partial charge in [-0.15, -0.1) is 0 Å². The molecule has 0 aliphatic rings. The second-order valence-corrected chi connectivity index (χ2v) is 6.37. The molecular weight excluding hydrogens is 357 g/mol. The maximum absolute atomic E-state index is 6.03. The maximum Gasteiger partial charge on any atom is 0.0595 e. The van der Waals surface area contributed by atoms with E-state index in [-0.39, 0.29) is 0 Å². The summed E-state index contributed by atoms with van der Waals surface area (Å²) in [5, 5.41) is 4.74. The van der Waals surface area contributed by atoms with Crippen LogP contribution < -0.4 is 5.32 Å². The van der Waals surface area contributed by atoms with Crippen LogP contribution in [0.1, 0.15) is 30.5 Å². The number of rotatable bonds is 5. The van der Waals surface area contributed by atoms with Crippen LogP contribution in [0.15, 0.2) is 46.9 Å². The van der Waals surface area contributed by atoms with Crippen molar-refractivity contribution in [2.75, 3.05) is 0 Å². The van der Waals surface area contributed by atoms with Gasteiger partial charge in [-0.3, -0.25) is 0 Å². The van der Waals surface area contributed by atoms with Crippen molar-refractivity contribution in [1.29, 1.82) is 0 Å². The van der Waals surface area contributed by atoms with E-state index in [1.54, 1.807) is 0 Å². The lowest BCUT2D eigenvalue weighted by atomic mass is 10.0. The van der Waals surface area contributed by atoms with Crippen LogP contribution >= 0.6 is 39.1 Å². The predicted octanol–water partition coefficient (Wildman–Crippen LogP) is 6.00. The molecule has 0 amide bonds. The number of nitrogens with one attached hydrogen (secondary N) is 1. The molecule has 1 unspecified atom stereocenters. The highest BCUT2D eigenvalue weighted by Crippen LogP contribution is 2.24. The highest BCUT2D eigenvalue weighted by Gasteiger charge is 2.09. The minimum atomic E-state index is 0.331. The lowest BCUT2D eigenvalue weighted by Gasteiger charge is -2.18. The first kappa shape index (κ1) is 15.8. The summed E-state index contributed by atoms with van der Waals surface area (Å²) in [6, 6.07) is 14.5. The molecule has 2 rings (SSSR count). The average molecular weight is 373 g/mol. The van der Waals surface area contributed by atoms with Crippen LogP contribution in [0, 0.1) is 0 Å². The van der Waals surface area contributed by atoms with E-state index in [0.29, 0.717) is 16.1 Å². The summed E-state index contributed by atoms with van der Waals surface area (Å²) in [5.41, 5.74) is 2.42. The van der Waals surface area contributed by atoms with Crippen LogP contribution in [0.5, 0.6) is 0 Å². The standard InChI is InChI=1S/C16H16BrCl2N/c1-2-16(12-4-6-13(17)7-5-12)20-10-11-3-8-14(18)15(19)9-11/h3-9,16,20H,2,10H2,1H3. The summed E-state index contributed by atoms with van der Waals surface area (Å²) in [6.45, 7) is 2.94. The van der Waals surface area contributed by atoms with Crippen LogP contribution in [0.4, 0.5) is 0 Å². The van der Waals surface area contributed by atoms with Gasteiger partial charge in [0.1, 0.15) is 0 Å². The SMILES string of the molecule is CCC(NCc1ccc(Cl)c(Cl)c1)c1ccc(Br)cc1. The predicted molar refractivity (Wildman–Crippen MR) is 90.5 cm³/mol. The van der Waals surface area contributed by atoms with Gasteiger partial charge in [0.15, 0.2) is 0 Å². The molecule has 0 aromatic heterocycles. The van der Waals surface area contributed by atoms with Gasteiger partial charge in [0.2, 0.25) is 0 Å². The van der Waals surface area contributed by atoms with Crippen molar-refractivity contribution in [3.8, 4) is 0 Å². The fraction of sp³-hybridized carbons (Fsp3) is 0.250. The Morgan fingerprint density at radius 2 is 1.75 bits per heavy atom. The van der Waals surface area contributed by atoms with Crippen molar-refractivity contribution in [1.82, 2.24) is 5.32 Å². The molecule has 0 aliphatic heterocycles. The molecule has 0 saturated carbocycles. The number of halogens is 3.